The monoisotopic (exact) mass is 300 g/mol. The third-order valence-corrected chi connectivity index (χ3v) is 1.36. The molecule has 13 heavy (non-hydrogen) atoms. The van der Waals surface area contributed by atoms with Gasteiger partial charge in [-0.15, -0.1) is 6.58 Å². The zero-order valence-corrected chi connectivity index (χ0v) is 11.8. The second-order valence-electron chi connectivity index (χ2n) is 2.12. The predicted molar refractivity (Wildman–Crippen MR) is 63.5 cm³/mol. The summed E-state index contributed by atoms with van der Waals surface area (Å²) in [5, 5.41) is 9.19. The van der Waals surface area contributed by atoms with Crippen molar-refractivity contribution < 1.29 is 26.2 Å². The van der Waals surface area contributed by atoms with Gasteiger partial charge in [0.1, 0.15) is 5.75 Å². The minimum absolute atomic E-state index is 0. The van der Waals surface area contributed by atoms with Gasteiger partial charge in [-0.3, -0.25) is 0 Å². The SMILES string of the molecule is C=CCc1ccccc1O.P.S.[Mo]. The summed E-state index contributed by atoms with van der Waals surface area (Å²) >= 11 is 0. The number of rotatable bonds is 2. The molecule has 1 unspecified atom stereocenters. The number of benzene rings is 1. The van der Waals surface area contributed by atoms with E-state index < -0.39 is 0 Å². The summed E-state index contributed by atoms with van der Waals surface area (Å²) < 4.78 is 0. The molecule has 1 rings (SSSR count). The van der Waals surface area contributed by atoms with Gasteiger partial charge in [-0.2, -0.15) is 23.4 Å². The van der Waals surface area contributed by atoms with Crippen molar-refractivity contribution in [2.24, 2.45) is 0 Å². The first-order chi connectivity index (χ1) is 4.84. The number of aromatic hydroxyl groups is 1. The Morgan fingerprint density at radius 1 is 1.31 bits per heavy atom. The van der Waals surface area contributed by atoms with Gasteiger partial charge in [0.05, 0.1) is 0 Å². The van der Waals surface area contributed by atoms with Crippen LogP contribution in [0, 0.1) is 0 Å². The number of para-hydroxylation sites is 1. The van der Waals surface area contributed by atoms with Gasteiger partial charge in [0, 0.05) is 21.1 Å². The van der Waals surface area contributed by atoms with E-state index in [2.05, 4.69) is 6.58 Å². The molecule has 1 aromatic carbocycles. The van der Waals surface area contributed by atoms with Crippen molar-refractivity contribution in [2.75, 3.05) is 0 Å². The first-order valence-corrected chi connectivity index (χ1v) is 3.22. The van der Waals surface area contributed by atoms with Crippen LogP contribution in [0.5, 0.6) is 5.75 Å². The first kappa shape index (κ1) is 18.9. The van der Waals surface area contributed by atoms with Crippen LogP contribution in [-0.2, 0) is 27.5 Å². The second-order valence-corrected chi connectivity index (χ2v) is 2.12. The van der Waals surface area contributed by atoms with E-state index in [0.717, 1.165) is 12.0 Å². The van der Waals surface area contributed by atoms with Crippen molar-refractivity contribution in [2.45, 2.75) is 6.42 Å². The van der Waals surface area contributed by atoms with Crippen LogP contribution in [0.4, 0.5) is 0 Å². The van der Waals surface area contributed by atoms with Crippen molar-refractivity contribution in [3.63, 3.8) is 0 Å². The zero-order chi connectivity index (χ0) is 7.40. The molecular formula is C9H15MoOPS. The Balaban J connectivity index is -0.000000333. The summed E-state index contributed by atoms with van der Waals surface area (Å²) in [5.41, 5.74) is 0.928. The Kier molecular flexibility index (Phi) is 15.0. The first-order valence-electron chi connectivity index (χ1n) is 3.22. The van der Waals surface area contributed by atoms with E-state index in [0.29, 0.717) is 5.75 Å². The Morgan fingerprint density at radius 3 is 2.31 bits per heavy atom. The number of hydrogen-bond acceptors (Lipinski definition) is 1. The quantitative estimate of drug-likeness (QED) is 0.504. The average molecular weight is 298 g/mol. The van der Waals surface area contributed by atoms with Crippen LogP contribution in [0.1, 0.15) is 5.56 Å². The fraction of sp³-hybridized carbons (Fsp3) is 0.111. The molecule has 0 aliphatic carbocycles. The van der Waals surface area contributed by atoms with E-state index in [-0.39, 0.29) is 44.5 Å². The number of allylic oxidation sites excluding steroid dienone is 1. The van der Waals surface area contributed by atoms with Crippen molar-refractivity contribution in [3.8, 4) is 5.75 Å². The fourth-order valence-electron chi connectivity index (χ4n) is 0.839. The second kappa shape index (κ2) is 10.3. The van der Waals surface area contributed by atoms with Crippen LogP contribution >= 0.6 is 23.4 Å². The molecule has 0 aromatic heterocycles. The summed E-state index contributed by atoms with van der Waals surface area (Å²) in [4.78, 5) is 0. The summed E-state index contributed by atoms with van der Waals surface area (Å²) in [5.74, 6) is 0.349. The maximum atomic E-state index is 9.19. The van der Waals surface area contributed by atoms with E-state index in [1.807, 2.05) is 18.2 Å². The molecule has 1 aromatic rings. The van der Waals surface area contributed by atoms with Gasteiger partial charge >= 0.3 is 0 Å². The van der Waals surface area contributed by atoms with Crippen molar-refractivity contribution in [1.29, 1.82) is 0 Å². The molecule has 0 fully saturated rings. The minimum Gasteiger partial charge on any atom is -0.508 e. The van der Waals surface area contributed by atoms with E-state index in [4.69, 9.17) is 0 Å². The largest absolute Gasteiger partial charge is 0.508 e. The molecule has 1 nitrogen and oxygen atoms in total. The van der Waals surface area contributed by atoms with Crippen LogP contribution in [0.3, 0.4) is 0 Å². The molecule has 74 valence electrons. The van der Waals surface area contributed by atoms with Gasteiger partial charge in [0.25, 0.3) is 0 Å². The number of hydrogen-bond donors (Lipinski definition) is 1. The normalized spacial score (nSPS) is 7.08. The topological polar surface area (TPSA) is 20.2 Å². The number of phenols is 1. The van der Waals surface area contributed by atoms with Crippen LogP contribution in [-0.4, -0.2) is 5.11 Å². The fourth-order valence-corrected chi connectivity index (χ4v) is 0.839. The Hall–Kier alpha value is 0.228. The van der Waals surface area contributed by atoms with Gasteiger partial charge in [-0.25, -0.2) is 0 Å². The molecule has 1 N–H and O–H groups in total. The van der Waals surface area contributed by atoms with E-state index >= 15 is 0 Å². The third kappa shape index (κ3) is 6.32. The smallest absolute Gasteiger partial charge is 0.119 e. The molecule has 0 bridgehead atoms. The third-order valence-electron chi connectivity index (χ3n) is 1.36. The molecule has 0 aliphatic heterocycles. The average Bonchev–Trinajstić information content (AvgIpc) is 1.94. The van der Waals surface area contributed by atoms with E-state index in [1.54, 1.807) is 12.1 Å². The van der Waals surface area contributed by atoms with Crippen LogP contribution in [0.15, 0.2) is 36.9 Å². The molecule has 0 amide bonds. The standard InChI is InChI=1S/C9H10O.Mo.H3P.H2S/c1-2-5-8-6-3-4-7-9(8)10;;;/h2-4,6-7,10H,1,5H2;;1H3;1H2. The van der Waals surface area contributed by atoms with Crippen molar-refractivity contribution >= 4 is 23.4 Å². The van der Waals surface area contributed by atoms with Crippen LogP contribution in [0.2, 0.25) is 0 Å². The van der Waals surface area contributed by atoms with Crippen molar-refractivity contribution in [3.05, 3.63) is 42.5 Å². The van der Waals surface area contributed by atoms with Gasteiger partial charge in [-0.05, 0) is 18.1 Å². The molecule has 0 spiro atoms. The van der Waals surface area contributed by atoms with Gasteiger partial charge in [-0.1, -0.05) is 24.3 Å². The van der Waals surface area contributed by atoms with Crippen molar-refractivity contribution in [1.82, 2.24) is 0 Å². The van der Waals surface area contributed by atoms with E-state index in [1.165, 1.54) is 0 Å². The molecule has 0 saturated carbocycles. The molecule has 0 heterocycles. The Bertz CT molecular complexity index is 243. The molecule has 1 atom stereocenters. The predicted octanol–water partition coefficient (Wildman–Crippen LogP) is 2.29. The summed E-state index contributed by atoms with van der Waals surface area (Å²) in [6, 6.07) is 7.27. The van der Waals surface area contributed by atoms with Crippen LogP contribution < -0.4 is 0 Å². The van der Waals surface area contributed by atoms with Gasteiger partial charge in [0.15, 0.2) is 0 Å². The Labute approximate surface area is 104 Å². The summed E-state index contributed by atoms with van der Waals surface area (Å²) in [7, 11) is 0. The maximum absolute atomic E-state index is 9.19. The molecular weight excluding hydrogens is 283 g/mol. The van der Waals surface area contributed by atoms with E-state index in [9.17, 15) is 5.11 Å². The zero-order valence-electron chi connectivity index (χ0n) is 7.36. The van der Waals surface area contributed by atoms with Gasteiger partial charge in [0.2, 0.25) is 0 Å². The molecule has 0 radical (unpaired) electrons. The maximum Gasteiger partial charge on any atom is 0.119 e. The number of phenolic OH excluding ortho intramolecular Hbond substituents is 1. The van der Waals surface area contributed by atoms with Gasteiger partial charge < -0.3 is 5.11 Å². The minimum atomic E-state index is 0. The summed E-state index contributed by atoms with van der Waals surface area (Å²) in [6.07, 6.45) is 2.50. The Morgan fingerprint density at radius 2 is 1.85 bits per heavy atom. The van der Waals surface area contributed by atoms with Crippen LogP contribution in [0.25, 0.3) is 0 Å². The molecule has 0 aliphatic rings. The molecule has 4 heteroatoms. The summed E-state index contributed by atoms with van der Waals surface area (Å²) in [6.45, 7) is 3.59. The molecule has 0 saturated heterocycles.